The van der Waals surface area contributed by atoms with E-state index in [-0.39, 0.29) is 12.5 Å². The fraction of sp³-hybridized carbons (Fsp3) is 0.429. The van der Waals surface area contributed by atoms with Gasteiger partial charge in [-0.05, 0) is 12.5 Å². The van der Waals surface area contributed by atoms with Crippen molar-refractivity contribution in [1.29, 1.82) is 5.26 Å². The summed E-state index contributed by atoms with van der Waals surface area (Å²) in [7, 11) is 0. The van der Waals surface area contributed by atoms with Crippen LogP contribution < -0.4 is 0 Å². The van der Waals surface area contributed by atoms with Gasteiger partial charge in [0.05, 0.1) is 19.2 Å². The summed E-state index contributed by atoms with van der Waals surface area (Å²) < 4.78 is 4.93. The Balaban J connectivity index is 2.55. The van der Waals surface area contributed by atoms with Crippen LogP contribution in [0.2, 0.25) is 0 Å². The summed E-state index contributed by atoms with van der Waals surface area (Å²) in [6, 6.07) is 12.0. The minimum absolute atomic E-state index is 0.227. The Morgan fingerprint density at radius 2 is 2.11 bits per heavy atom. The second kappa shape index (κ2) is 8.26. The van der Waals surface area contributed by atoms with E-state index in [0.29, 0.717) is 26.1 Å². The molecule has 0 saturated heterocycles. The molecule has 4 nitrogen and oxygen atoms in total. The number of carbonyl (C=O) groups is 1. The van der Waals surface area contributed by atoms with Crippen molar-refractivity contribution in [3.8, 4) is 6.07 Å². The standard InChI is InChI=1S/C14H18N2O2/c1-2-18-14(17)12-16(10-6-9-15)11-13-7-4-3-5-8-13/h3-5,7-8H,2,6,10-12H2,1H3. The summed E-state index contributed by atoms with van der Waals surface area (Å²) in [6.07, 6.45) is 0.409. The second-order valence-corrected chi connectivity index (χ2v) is 3.91. The molecule has 0 aromatic heterocycles. The topological polar surface area (TPSA) is 53.3 Å². The van der Waals surface area contributed by atoms with Gasteiger partial charge in [-0.3, -0.25) is 9.69 Å². The minimum Gasteiger partial charge on any atom is -0.465 e. The largest absolute Gasteiger partial charge is 0.465 e. The molecule has 4 heteroatoms. The molecule has 1 rings (SSSR count). The molecule has 18 heavy (non-hydrogen) atoms. The van der Waals surface area contributed by atoms with E-state index in [1.165, 1.54) is 0 Å². The number of rotatable bonds is 7. The molecule has 0 N–H and O–H groups in total. The number of nitrogens with zero attached hydrogens (tertiary/aromatic N) is 2. The van der Waals surface area contributed by atoms with Crippen molar-refractivity contribution in [3.63, 3.8) is 0 Å². The number of hydrogen-bond donors (Lipinski definition) is 0. The Bertz CT molecular complexity index is 398. The molecule has 96 valence electrons. The zero-order valence-corrected chi connectivity index (χ0v) is 10.6. The van der Waals surface area contributed by atoms with Gasteiger partial charge in [-0.25, -0.2) is 0 Å². The zero-order valence-electron chi connectivity index (χ0n) is 10.6. The first-order chi connectivity index (χ1) is 8.76. The number of carbonyl (C=O) groups excluding carboxylic acids is 1. The number of ether oxygens (including phenoxy) is 1. The van der Waals surface area contributed by atoms with E-state index in [1.54, 1.807) is 6.92 Å². The lowest BCUT2D eigenvalue weighted by Crippen LogP contribution is -2.31. The average molecular weight is 246 g/mol. The normalized spacial score (nSPS) is 10.1. The molecule has 0 heterocycles. The van der Waals surface area contributed by atoms with E-state index >= 15 is 0 Å². The molecule has 0 saturated carbocycles. The fourth-order valence-electron chi connectivity index (χ4n) is 1.65. The zero-order chi connectivity index (χ0) is 13.2. The third-order valence-corrected chi connectivity index (χ3v) is 2.45. The molecule has 0 unspecified atom stereocenters. The van der Waals surface area contributed by atoms with Crippen LogP contribution in [0.5, 0.6) is 0 Å². The van der Waals surface area contributed by atoms with Crippen molar-refractivity contribution in [3.05, 3.63) is 35.9 Å². The molecule has 0 bridgehead atoms. The highest BCUT2D eigenvalue weighted by molar-refractivity contribution is 5.71. The first kappa shape index (κ1) is 14.2. The van der Waals surface area contributed by atoms with Gasteiger partial charge in [0.15, 0.2) is 0 Å². The lowest BCUT2D eigenvalue weighted by atomic mass is 10.2. The molecule has 0 fully saturated rings. The van der Waals surface area contributed by atoms with Gasteiger partial charge >= 0.3 is 5.97 Å². The maximum absolute atomic E-state index is 11.5. The quantitative estimate of drug-likeness (QED) is 0.690. The van der Waals surface area contributed by atoms with Crippen molar-refractivity contribution < 1.29 is 9.53 Å². The van der Waals surface area contributed by atoms with Crippen molar-refractivity contribution in [1.82, 2.24) is 4.90 Å². The van der Waals surface area contributed by atoms with Gasteiger partial charge in [0, 0.05) is 19.5 Å². The van der Waals surface area contributed by atoms with Crippen molar-refractivity contribution >= 4 is 5.97 Å². The van der Waals surface area contributed by atoms with Gasteiger partial charge in [-0.1, -0.05) is 30.3 Å². The summed E-state index contributed by atoms with van der Waals surface area (Å²) in [5.74, 6) is -0.244. The van der Waals surface area contributed by atoms with Crippen LogP contribution in [0.1, 0.15) is 18.9 Å². The van der Waals surface area contributed by atoms with Crippen LogP contribution in [0, 0.1) is 11.3 Å². The van der Waals surface area contributed by atoms with Gasteiger partial charge in [-0.15, -0.1) is 0 Å². The van der Waals surface area contributed by atoms with Gasteiger partial charge in [0.2, 0.25) is 0 Å². The summed E-state index contributed by atoms with van der Waals surface area (Å²) in [4.78, 5) is 13.4. The molecule has 0 aliphatic carbocycles. The Kier molecular flexibility index (Phi) is 6.52. The van der Waals surface area contributed by atoms with Crippen molar-refractivity contribution in [2.75, 3.05) is 19.7 Å². The third-order valence-electron chi connectivity index (χ3n) is 2.45. The van der Waals surface area contributed by atoms with E-state index in [9.17, 15) is 4.79 Å². The number of hydrogen-bond acceptors (Lipinski definition) is 4. The fourth-order valence-corrected chi connectivity index (χ4v) is 1.65. The Morgan fingerprint density at radius 1 is 1.39 bits per heavy atom. The van der Waals surface area contributed by atoms with Crippen LogP contribution in [0.15, 0.2) is 30.3 Å². The van der Waals surface area contributed by atoms with E-state index in [0.717, 1.165) is 5.56 Å². The Hall–Kier alpha value is -1.86. The molecular formula is C14H18N2O2. The molecule has 0 aliphatic heterocycles. The third kappa shape index (κ3) is 5.46. The summed E-state index contributed by atoms with van der Waals surface area (Å²) in [5.41, 5.74) is 1.12. The molecule has 0 aliphatic rings. The molecule has 0 radical (unpaired) electrons. The van der Waals surface area contributed by atoms with Crippen molar-refractivity contribution in [2.24, 2.45) is 0 Å². The predicted molar refractivity (Wildman–Crippen MR) is 68.6 cm³/mol. The number of benzene rings is 1. The highest BCUT2D eigenvalue weighted by atomic mass is 16.5. The van der Waals surface area contributed by atoms with E-state index in [1.807, 2.05) is 35.2 Å². The molecular weight excluding hydrogens is 228 g/mol. The lowest BCUT2D eigenvalue weighted by Gasteiger charge is -2.20. The van der Waals surface area contributed by atoms with Gasteiger partial charge < -0.3 is 4.74 Å². The van der Waals surface area contributed by atoms with Crippen LogP contribution in [-0.4, -0.2) is 30.6 Å². The lowest BCUT2D eigenvalue weighted by molar-refractivity contribution is -0.144. The van der Waals surface area contributed by atoms with Crippen LogP contribution in [0.25, 0.3) is 0 Å². The smallest absolute Gasteiger partial charge is 0.320 e. The Labute approximate surface area is 108 Å². The number of nitriles is 1. The summed E-state index contributed by atoms with van der Waals surface area (Å²) in [5, 5.41) is 8.63. The maximum atomic E-state index is 11.5. The highest BCUT2D eigenvalue weighted by Crippen LogP contribution is 2.05. The monoisotopic (exact) mass is 246 g/mol. The first-order valence-corrected chi connectivity index (χ1v) is 6.05. The van der Waals surface area contributed by atoms with Gasteiger partial charge in [0.1, 0.15) is 0 Å². The molecule has 1 aromatic rings. The second-order valence-electron chi connectivity index (χ2n) is 3.91. The summed E-state index contributed by atoms with van der Waals surface area (Å²) >= 11 is 0. The average Bonchev–Trinajstić information content (AvgIpc) is 2.37. The molecule has 0 amide bonds. The SMILES string of the molecule is CCOC(=O)CN(CCC#N)Cc1ccccc1. The van der Waals surface area contributed by atoms with Crippen LogP contribution in [0.4, 0.5) is 0 Å². The van der Waals surface area contributed by atoms with Crippen molar-refractivity contribution in [2.45, 2.75) is 19.9 Å². The van der Waals surface area contributed by atoms with Crippen LogP contribution in [-0.2, 0) is 16.1 Å². The Morgan fingerprint density at radius 3 is 2.72 bits per heavy atom. The predicted octanol–water partition coefficient (Wildman–Crippen LogP) is 1.97. The number of esters is 1. The maximum Gasteiger partial charge on any atom is 0.320 e. The van der Waals surface area contributed by atoms with Gasteiger partial charge in [-0.2, -0.15) is 5.26 Å². The van der Waals surface area contributed by atoms with Crippen LogP contribution >= 0.6 is 0 Å². The van der Waals surface area contributed by atoms with Crippen LogP contribution in [0.3, 0.4) is 0 Å². The molecule has 1 aromatic carbocycles. The molecule has 0 spiro atoms. The van der Waals surface area contributed by atoms with E-state index < -0.39 is 0 Å². The highest BCUT2D eigenvalue weighted by Gasteiger charge is 2.11. The van der Waals surface area contributed by atoms with E-state index in [2.05, 4.69) is 6.07 Å². The van der Waals surface area contributed by atoms with E-state index in [4.69, 9.17) is 10.00 Å². The minimum atomic E-state index is -0.244. The summed E-state index contributed by atoms with van der Waals surface area (Å²) in [6.45, 7) is 3.63. The first-order valence-electron chi connectivity index (χ1n) is 6.05. The molecule has 0 atom stereocenters. The van der Waals surface area contributed by atoms with Gasteiger partial charge in [0.25, 0.3) is 0 Å².